The Morgan fingerprint density at radius 1 is 1.23 bits per heavy atom. The first-order chi connectivity index (χ1) is 10.6. The lowest BCUT2D eigenvalue weighted by Crippen LogP contribution is -1.95. The fraction of sp³-hybridized carbons (Fsp3) is 0.0625. The highest BCUT2D eigenvalue weighted by Crippen LogP contribution is 2.41. The van der Waals surface area contributed by atoms with Gasteiger partial charge >= 0.3 is 5.69 Å². The van der Waals surface area contributed by atoms with Gasteiger partial charge in [-0.2, -0.15) is 0 Å². The van der Waals surface area contributed by atoms with Gasteiger partial charge in [0.15, 0.2) is 5.75 Å². The van der Waals surface area contributed by atoms with Crippen molar-refractivity contribution in [2.24, 2.45) is 0 Å². The molecule has 2 aromatic rings. The lowest BCUT2D eigenvalue weighted by molar-refractivity contribution is -0.385. The van der Waals surface area contributed by atoms with Crippen molar-refractivity contribution in [3.05, 3.63) is 68.6 Å². The molecule has 0 unspecified atom stereocenters. The van der Waals surface area contributed by atoms with E-state index < -0.39 is 4.92 Å². The van der Waals surface area contributed by atoms with Crippen LogP contribution in [0.15, 0.2) is 52.3 Å². The standard InChI is InChI=1S/C16H11NO4S/c1-21-13-7-6-10(8-12(13)17(19)20)9-15-16(18)11-4-2-3-5-14(11)22-15/h2-9H,1H3/b15-9-. The quantitative estimate of drug-likeness (QED) is 0.488. The SMILES string of the molecule is COc1ccc(/C=C2\Sc3ccccc3C2=O)cc1[N+](=O)[O-]. The highest BCUT2D eigenvalue weighted by molar-refractivity contribution is 8.04. The molecule has 0 N–H and O–H groups in total. The van der Waals surface area contributed by atoms with Crippen LogP contribution in [0.3, 0.4) is 0 Å². The van der Waals surface area contributed by atoms with E-state index in [0.717, 1.165) is 4.90 Å². The maximum absolute atomic E-state index is 12.3. The zero-order valence-electron chi connectivity index (χ0n) is 11.6. The third-order valence-electron chi connectivity index (χ3n) is 3.27. The van der Waals surface area contributed by atoms with Crippen LogP contribution in [0, 0.1) is 10.1 Å². The monoisotopic (exact) mass is 313 g/mol. The Hall–Kier alpha value is -2.60. The van der Waals surface area contributed by atoms with Gasteiger partial charge in [-0.3, -0.25) is 14.9 Å². The first-order valence-corrected chi connectivity index (χ1v) is 7.27. The number of fused-ring (bicyclic) bond motifs is 1. The second kappa shape index (κ2) is 5.65. The lowest BCUT2D eigenvalue weighted by Gasteiger charge is -2.02. The summed E-state index contributed by atoms with van der Waals surface area (Å²) < 4.78 is 4.97. The van der Waals surface area contributed by atoms with E-state index in [1.165, 1.54) is 31.0 Å². The van der Waals surface area contributed by atoms with Crippen LogP contribution in [0.5, 0.6) is 5.75 Å². The fourth-order valence-electron chi connectivity index (χ4n) is 2.23. The van der Waals surface area contributed by atoms with Crippen molar-refractivity contribution in [2.45, 2.75) is 4.90 Å². The molecule has 0 spiro atoms. The van der Waals surface area contributed by atoms with Gasteiger partial charge in [0.05, 0.1) is 16.9 Å². The molecule has 3 rings (SSSR count). The molecule has 2 aromatic carbocycles. The van der Waals surface area contributed by atoms with Gasteiger partial charge in [0.1, 0.15) is 0 Å². The topological polar surface area (TPSA) is 69.4 Å². The van der Waals surface area contributed by atoms with Crippen molar-refractivity contribution < 1.29 is 14.5 Å². The van der Waals surface area contributed by atoms with E-state index in [0.29, 0.717) is 16.0 Å². The first kappa shape index (κ1) is 14.3. The van der Waals surface area contributed by atoms with Crippen molar-refractivity contribution in [2.75, 3.05) is 7.11 Å². The summed E-state index contributed by atoms with van der Waals surface area (Å²) >= 11 is 1.37. The number of hydrogen-bond donors (Lipinski definition) is 0. The van der Waals surface area contributed by atoms with Crippen LogP contribution < -0.4 is 4.74 Å². The van der Waals surface area contributed by atoms with Gasteiger partial charge in [-0.1, -0.05) is 30.0 Å². The van der Waals surface area contributed by atoms with Gasteiger partial charge in [0, 0.05) is 16.5 Å². The Bertz CT molecular complexity index is 814. The Labute approximate surface area is 130 Å². The maximum atomic E-state index is 12.3. The van der Waals surface area contributed by atoms with Crippen LogP contribution in [0.2, 0.25) is 0 Å². The number of thioether (sulfide) groups is 1. The summed E-state index contributed by atoms with van der Waals surface area (Å²) in [5.74, 6) is 0.139. The van der Waals surface area contributed by atoms with Crippen LogP contribution in [0.1, 0.15) is 15.9 Å². The highest BCUT2D eigenvalue weighted by Gasteiger charge is 2.25. The number of nitro groups is 1. The molecule has 1 aliphatic rings. The third-order valence-corrected chi connectivity index (χ3v) is 4.37. The molecule has 22 heavy (non-hydrogen) atoms. The van der Waals surface area contributed by atoms with Crippen LogP contribution in [0.4, 0.5) is 5.69 Å². The number of Topliss-reactive ketones (excluding diaryl/α,β-unsaturated/α-hetero) is 1. The summed E-state index contributed by atoms with van der Waals surface area (Å²) in [7, 11) is 1.38. The number of methoxy groups -OCH3 is 1. The number of nitrogens with zero attached hydrogens (tertiary/aromatic N) is 1. The minimum atomic E-state index is -0.501. The molecule has 1 aliphatic heterocycles. The van der Waals surface area contributed by atoms with Crippen molar-refractivity contribution in [3.8, 4) is 5.75 Å². The van der Waals surface area contributed by atoms with Crippen LogP contribution in [-0.2, 0) is 0 Å². The molecule has 0 saturated heterocycles. The van der Waals surface area contributed by atoms with Gasteiger partial charge in [-0.25, -0.2) is 0 Å². The highest BCUT2D eigenvalue weighted by atomic mass is 32.2. The van der Waals surface area contributed by atoms with Gasteiger partial charge in [0.25, 0.3) is 0 Å². The summed E-state index contributed by atoms with van der Waals surface area (Å²) in [6.45, 7) is 0. The molecule has 110 valence electrons. The zero-order valence-corrected chi connectivity index (χ0v) is 12.4. The number of carbonyl (C=O) groups excluding carboxylic acids is 1. The summed E-state index contributed by atoms with van der Waals surface area (Å²) in [6.07, 6.45) is 1.67. The average molecular weight is 313 g/mol. The third kappa shape index (κ3) is 2.48. The van der Waals surface area contributed by atoms with Crippen LogP contribution in [-0.4, -0.2) is 17.8 Å². The molecule has 0 saturated carbocycles. The van der Waals surface area contributed by atoms with E-state index in [4.69, 9.17) is 4.74 Å². The van der Waals surface area contributed by atoms with Gasteiger partial charge < -0.3 is 4.74 Å². The Kier molecular flexibility index (Phi) is 3.68. The molecule has 0 aromatic heterocycles. The molecule has 0 bridgehead atoms. The average Bonchev–Trinajstić information content (AvgIpc) is 2.84. The molecular formula is C16H11NO4S. The van der Waals surface area contributed by atoms with E-state index in [-0.39, 0.29) is 17.2 Å². The second-order valence-electron chi connectivity index (χ2n) is 4.62. The van der Waals surface area contributed by atoms with Gasteiger partial charge in [-0.05, 0) is 29.8 Å². The largest absolute Gasteiger partial charge is 0.490 e. The molecule has 0 aliphatic carbocycles. The first-order valence-electron chi connectivity index (χ1n) is 6.46. The molecule has 0 radical (unpaired) electrons. The smallest absolute Gasteiger partial charge is 0.311 e. The second-order valence-corrected chi connectivity index (χ2v) is 5.71. The Balaban J connectivity index is 1.99. The molecule has 0 fully saturated rings. The number of allylic oxidation sites excluding steroid dienone is 1. The van der Waals surface area contributed by atoms with Gasteiger partial charge in [0.2, 0.25) is 5.78 Å². The number of ketones is 1. The zero-order chi connectivity index (χ0) is 15.7. The molecule has 0 amide bonds. The summed E-state index contributed by atoms with van der Waals surface area (Å²) in [5.41, 5.74) is 1.14. The van der Waals surface area contributed by atoms with Crippen molar-refractivity contribution in [1.29, 1.82) is 0 Å². The molecule has 5 nitrogen and oxygen atoms in total. The fourth-order valence-corrected chi connectivity index (χ4v) is 3.28. The minimum Gasteiger partial charge on any atom is -0.490 e. The number of hydrogen-bond acceptors (Lipinski definition) is 5. The van der Waals surface area contributed by atoms with Crippen molar-refractivity contribution >= 4 is 29.3 Å². The predicted octanol–water partition coefficient (Wildman–Crippen LogP) is 3.93. The Morgan fingerprint density at radius 3 is 2.68 bits per heavy atom. The van der Waals surface area contributed by atoms with Crippen LogP contribution >= 0.6 is 11.8 Å². The number of benzene rings is 2. The molecular weight excluding hydrogens is 302 g/mol. The lowest BCUT2D eigenvalue weighted by atomic mass is 10.1. The van der Waals surface area contributed by atoms with E-state index in [1.807, 2.05) is 18.2 Å². The summed E-state index contributed by atoms with van der Waals surface area (Å²) in [5, 5.41) is 11.0. The molecule has 6 heteroatoms. The summed E-state index contributed by atoms with van der Waals surface area (Å²) in [6, 6.07) is 12.0. The number of rotatable bonds is 3. The van der Waals surface area contributed by atoms with E-state index in [1.54, 1.807) is 18.2 Å². The van der Waals surface area contributed by atoms with Gasteiger partial charge in [-0.15, -0.1) is 0 Å². The Morgan fingerprint density at radius 2 is 2.00 bits per heavy atom. The number of ether oxygens (including phenoxy) is 1. The van der Waals surface area contributed by atoms with Crippen LogP contribution in [0.25, 0.3) is 6.08 Å². The number of carbonyl (C=O) groups is 1. The van der Waals surface area contributed by atoms with Crippen molar-refractivity contribution in [1.82, 2.24) is 0 Å². The van der Waals surface area contributed by atoms with E-state index in [2.05, 4.69) is 0 Å². The number of nitro benzene ring substituents is 1. The normalized spacial score (nSPS) is 15.0. The molecule has 0 atom stereocenters. The molecule has 1 heterocycles. The minimum absolute atomic E-state index is 0.0564. The van der Waals surface area contributed by atoms with E-state index >= 15 is 0 Å². The maximum Gasteiger partial charge on any atom is 0.311 e. The summed E-state index contributed by atoms with van der Waals surface area (Å²) in [4.78, 5) is 24.3. The van der Waals surface area contributed by atoms with Crippen molar-refractivity contribution in [3.63, 3.8) is 0 Å². The van der Waals surface area contributed by atoms with E-state index in [9.17, 15) is 14.9 Å². The predicted molar refractivity (Wildman–Crippen MR) is 84.3 cm³/mol.